The van der Waals surface area contributed by atoms with Gasteiger partial charge in [-0.3, -0.25) is 4.79 Å². The van der Waals surface area contributed by atoms with Gasteiger partial charge in [0, 0.05) is 52.4 Å². The second-order valence-corrected chi connectivity index (χ2v) is 7.69. The summed E-state index contributed by atoms with van der Waals surface area (Å²) in [4.78, 5) is 25.7. The van der Waals surface area contributed by atoms with E-state index in [1.54, 1.807) is 7.05 Å². The van der Waals surface area contributed by atoms with E-state index in [1.807, 2.05) is 6.20 Å². The van der Waals surface area contributed by atoms with Gasteiger partial charge in [-0.25, -0.2) is 9.98 Å². The highest BCUT2D eigenvalue weighted by atomic mass is 16.1. The second-order valence-electron chi connectivity index (χ2n) is 7.69. The predicted molar refractivity (Wildman–Crippen MR) is 113 cm³/mol. The number of rotatable bonds is 6. The fourth-order valence-corrected chi connectivity index (χ4v) is 3.98. The van der Waals surface area contributed by atoms with Gasteiger partial charge in [0.2, 0.25) is 5.91 Å². The highest BCUT2D eigenvalue weighted by Crippen LogP contribution is 2.21. The topological polar surface area (TPSA) is 72.9 Å². The Morgan fingerprint density at radius 3 is 2.68 bits per heavy atom. The molecule has 3 rings (SSSR count). The molecular formula is C21H34N6O. The number of aromatic nitrogens is 1. The van der Waals surface area contributed by atoms with Crippen molar-refractivity contribution in [1.82, 2.24) is 20.5 Å². The van der Waals surface area contributed by atoms with Gasteiger partial charge in [0.15, 0.2) is 5.96 Å². The van der Waals surface area contributed by atoms with Crippen LogP contribution in [0.25, 0.3) is 0 Å². The van der Waals surface area contributed by atoms with Crippen molar-refractivity contribution in [2.75, 3.05) is 44.7 Å². The van der Waals surface area contributed by atoms with Crippen LogP contribution in [-0.4, -0.2) is 61.5 Å². The molecule has 7 nitrogen and oxygen atoms in total. The number of guanidine groups is 1. The number of aliphatic imine (C=N–C) groups is 1. The Morgan fingerprint density at radius 2 is 2.00 bits per heavy atom. The molecule has 1 aromatic heterocycles. The Kier molecular flexibility index (Phi) is 7.51. The number of likely N-dealkylation sites (tertiary alicyclic amines) is 1. The van der Waals surface area contributed by atoms with Gasteiger partial charge in [-0.1, -0.05) is 0 Å². The molecule has 154 valence electrons. The number of carbonyl (C=O) groups excluding carboxylic acids is 1. The van der Waals surface area contributed by atoms with Gasteiger partial charge in [-0.15, -0.1) is 0 Å². The van der Waals surface area contributed by atoms with Crippen LogP contribution in [0.5, 0.6) is 0 Å². The van der Waals surface area contributed by atoms with Crippen LogP contribution in [0.1, 0.15) is 44.6 Å². The maximum Gasteiger partial charge on any atom is 0.220 e. The number of nitrogens with one attached hydrogen (secondary N) is 2. The van der Waals surface area contributed by atoms with Gasteiger partial charge in [-0.05, 0) is 56.2 Å². The molecule has 0 atom stereocenters. The zero-order valence-electron chi connectivity index (χ0n) is 17.3. The monoisotopic (exact) mass is 386 g/mol. The van der Waals surface area contributed by atoms with Gasteiger partial charge < -0.3 is 20.4 Å². The molecule has 0 spiro atoms. The summed E-state index contributed by atoms with van der Waals surface area (Å²) in [5.74, 6) is 2.67. The molecule has 3 heterocycles. The summed E-state index contributed by atoms with van der Waals surface area (Å²) in [6.45, 7) is 7.72. The Hall–Kier alpha value is -2.31. The van der Waals surface area contributed by atoms with E-state index < -0.39 is 0 Å². The van der Waals surface area contributed by atoms with E-state index in [0.717, 1.165) is 57.3 Å². The molecule has 2 fully saturated rings. The van der Waals surface area contributed by atoms with Gasteiger partial charge in [0.1, 0.15) is 5.82 Å². The molecule has 0 bridgehead atoms. The Morgan fingerprint density at radius 1 is 1.25 bits per heavy atom. The van der Waals surface area contributed by atoms with Crippen LogP contribution in [0.4, 0.5) is 5.82 Å². The lowest BCUT2D eigenvalue weighted by atomic mass is 9.93. The molecule has 7 heteroatoms. The van der Waals surface area contributed by atoms with Gasteiger partial charge in [0.25, 0.3) is 0 Å². The average molecular weight is 387 g/mol. The number of piperidine rings is 1. The van der Waals surface area contributed by atoms with E-state index in [-0.39, 0.29) is 5.91 Å². The van der Waals surface area contributed by atoms with Gasteiger partial charge in [0.05, 0.1) is 6.54 Å². The zero-order chi connectivity index (χ0) is 19.8. The maximum absolute atomic E-state index is 11.6. The van der Waals surface area contributed by atoms with Crippen molar-refractivity contribution in [3.05, 3.63) is 23.9 Å². The lowest BCUT2D eigenvalue weighted by molar-refractivity contribution is -0.121. The van der Waals surface area contributed by atoms with E-state index in [4.69, 9.17) is 4.99 Å². The number of nitrogens with zero attached hydrogens (tertiary/aromatic N) is 4. The molecule has 0 aliphatic carbocycles. The first kappa shape index (κ1) is 20.4. The third-order valence-electron chi connectivity index (χ3n) is 5.65. The standard InChI is InChI=1S/C21H34N6O/c1-3-23-21(27-12-7-17(8-13-27)15-20(28)22-2)25-16-18-6-9-24-19(14-18)26-10-4-5-11-26/h6,9,14,17H,3-5,7-8,10-13,15-16H2,1-2H3,(H,22,28)(H,23,25). The van der Waals surface area contributed by atoms with Crippen molar-refractivity contribution in [3.63, 3.8) is 0 Å². The minimum atomic E-state index is 0.144. The summed E-state index contributed by atoms with van der Waals surface area (Å²) in [6.07, 6.45) is 7.11. The molecule has 2 saturated heterocycles. The third kappa shape index (κ3) is 5.59. The summed E-state index contributed by atoms with van der Waals surface area (Å²) in [6, 6.07) is 4.23. The number of amides is 1. The zero-order valence-corrected chi connectivity index (χ0v) is 17.3. The molecule has 0 radical (unpaired) electrons. The Labute approximate surface area is 168 Å². The summed E-state index contributed by atoms with van der Waals surface area (Å²) in [5.41, 5.74) is 1.20. The smallest absolute Gasteiger partial charge is 0.220 e. The number of anilines is 1. The normalized spacial score (nSPS) is 18.4. The fourth-order valence-electron chi connectivity index (χ4n) is 3.98. The Balaban J connectivity index is 1.59. The van der Waals surface area contributed by atoms with Crippen molar-refractivity contribution in [2.24, 2.45) is 10.9 Å². The van der Waals surface area contributed by atoms with Crippen LogP contribution < -0.4 is 15.5 Å². The largest absolute Gasteiger partial charge is 0.359 e. The van der Waals surface area contributed by atoms with Crippen LogP contribution in [0.15, 0.2) is 23.3 Å². The summed E-state index contributed by atoms with van der Waals surface area (Å²) in [7, 11) is 1.71. The van der Waals surface area contributed by atoms with E-state index in [1.165, 1.54) is 18.4 Å². The van der Waals surface area contributed by atoms with Gasteiger partial charge in [-0.2, -0.15) is 0 Å². The molecule has 2 aliphatic rings. The number of hydrogen-bond donors (Lipinski definition) is 2. The van der Waals surface area contributed by atoms with Crippen LogP contribution in [0, 0.1) is 5.92 Å². The molecular weight excluding hydrogens is 352 g/mol. The molecule has 0 saturated carbocycles. The molecule has 1 aromatic rings. The van der Waals surface area contributed by atoms with Crippen molar-refractivity contribution < 1.29 is 4.79 Å². The molecule has 28 heavy (non-hydrogen) atoms. The first-order valence-corrected chi connectivity index (χ1v) is 10.6. The third-order valence-corrected chi connectivity index (χ3v) is 5.65. The molecule has 0 aromatic carbocycles. The molecule has 0 unspecified atom stereocenters. The first-order chi connectivity index (χ1) is 13.7. The van der Waals surface area contributed by atoms with Crippen molar-refractivity contribution >= 4 is 17.7 Å². The predicted octanol–water partition coefficient (Wildman–Crippen LogP) is 2.00. The van der Waals surface area contributed by atoms with Crippen LogP contribution in [0.2, 0.25) is 0 Å². The minimum absolute atomic E-state index is 0.144. The van der Waals surface area contributed by atoms with Crippen LogP contribution in [-0.2, 0) is 11.3 Å². The molecule has 2 aliphatic heterocycles. The quantitative estimate of drug-likeness (QED) is 0.578. The van der Waals surface area contributed by atoms with Crippen LogP contribution in [0.3, 0.4) is 0 Å². The van der Waals surface area contributed by atoms with Crippen molar-refractivity contribution in [2.45, 2.75) is 45.6 Å². The Bertz CT molecular complexity index is 663. The molecule has 1 amide bonds. The van der Waals surface area contributed by atoms with E-state index in [2.05, 4.69) is 44.5 Å². The SMILES string of the molecule is CCNC(=NCc1ccnc(N2CCCC2)c1)N1CCC(CC(=O)NC)CC1. The minimum Gasteiger partial charge on any atom is -0.359 e. The summed E-state index contributed by atoms with van der Waals surface area (Å²) < 4.78 is 0. The first-order valence-electron chi connectivity index (χ1n) is 10.6. The number of pyridine rings is 1. The maximum atomic E-state index is 11.6. The van der Waals surface area contributed by atoms with Crippen LogP contribution >= 0.6 is 0 Å². The van der Waals surface area contributed by atoms with E-state index in [0.29, 0.717) is 18.9 Å². The summed E-state index contributed by atoms with van der Waals surface area (Å²) >= 11 is 0. The van der Waals surface area contributed by atoms with E-state index >= 15 is 0 Å². The van der Waals surface area contributed by atoms with Gasteiger partial charge >= 0.3 is 0 Å². The highest BCUT2D eigenvalue weighted by Gasteiger charge is 2.23. The highest BCUT2D eigenvalue weighted by molar-refractivity contribution is 5.80. The van der Waals surface area contributed by atoms with E-state index in [9.17, 15) is 4.79 Å². The molecule has 2 N–H and O–H groups in total. The average Bonchev–Trinajstić information content (AvgIpc) is 3.27. The second kappa shape index (κ2) is 10.3. The van der Waals surface area contributed by atoms with Crippen molar-refractivity contribution in [3.8, 4) is 0 Å². The lowest BCUT2D eigenvalue weighted by Gasteiger charge is -2.34. The number of hydrogen-bond acceptors (Lipinski definition) is 4. The summed E-state index contributed by atoms with van der Waals surface area (Å²) in [5, 5.41) is 6.16. The fraction of sp³-hybridized carbons (Fsp3) is 0.667. The lowest BCUT2D eigenvalue weighted by Crippen LogP contribution is -2.46. The van der Waals surface area contributed by atoms with Crippen molar-refractivity contribution in [1.29, 1.82) is 0 Å². The number of carbonyl (C=O) groups is 1.